The average Bonchev–Trinajstić information content (AvgIpc) is 2.97. The summed E-state index contributed by atoms with van der Waals surface area (Å²) in [5, 5.41) is 8.32. The van der Waals surface area contributed by atoms with Crippen LogP contribution in [0, 0.1) is 23.3 Å². The highest BCUT2D eigenvalue weighted by Gasteiger charge is 2.17. The Bertz CT molecular complexity index is 1300. The van der Waals surface area contributed by atoms with Gasteiger partial charge in [-0.3, -0.25) is 9.80 Å². The number of amidine groups is 2. The Labute approximate surface area is 239 Å². The zero-order valence-electron chi connectivity index (χ0n) is 21.5. The van der Waals surface area contributed by atoms with Gasteiger partial charge in [0.1, 0.15) is 0 Å². The second-order valence-electron chi connectivity index (χ2n) is 9.38. The number of aliphatic imine (C=N–C) groups is 2. The largest absolute Gasteiger partial charge is 0.352 e. The maximum Gasteiger partial charge on any atom is 0.159 e. The van der Waals surface area contributed by atoms with E-state index in [4.69, 9.17) is 0 Å². The highest BCUT2D eigenvalue weighted by atomic mass is 32.2. The lowest BCUT2D eigenvalue weighted by atomic mass is 10.1. The first-order valence-electron chi connectivity index (χ1n) is 12.6. The Kier molecular flexibility index (Phi) is 9.63. The molecule has 5 rings (SSSR count). The van der Waals surface area contributed by atoms with Crippen molar-refractivity contribution >= 4 is 33.9 Å². The van der Waals surface area contributed by atoms with Gasteiger partial charge in [0.15, 0.2) is 33.6 Å². The van der Waals surface area contributed by atoms with Gasteiger partial charge in [-0.1, -0.05) is 59.9 Å². The summed E-state index contributed by atoms with van der Waals surface area (Å²) in [5.41, 5.74) is 3.83. The number of hydrogen-bond acceptors (Lipinski definition) is 8. The van der Waals surface area contributed by atoms with Gasteiger partial charge in [-0.25, -0.2) is 27.5 Å². The fraction of sp³-hybridized carbons (Fsp3) is 0.286. The van der Waals surface area contributed by atoms with Crippen LogP contribution in [-0.4, -0.2) is 46.8 Å². The number of benzene rings is 3. The molecule has 3 aromatic rings. The zero-order valence-corrected chi connectivity index (χ0v) is 23.2. The van der Waals surface area contributed by atoms with E-state index in [0.29, 0.717) is 50.9 Å². The molecule has 0 atom stereocenters. The second-order valence-corrected chi connectivity index (χ2v) is 11.3. The number of nitrogens with zero attached hydrogens (tertiary/aromatic N) is 4. The third kappa shape index (κ3) is 7.78. The molecule has 2 heterocycles. The van der Waals surface area contributed by atoms with E-state index in [1.165, 1.54) is 23.3 Å². The lowest BCUT2D eigenvalue weighted by molar-refractivity contribution is 0.258. The highest BCUT2D eigenvalue weighted by molar-refractivity contribution is 8.13. The van der Waals surface area contributed by atoms with Crippen molar-refractivity contribution in [2.75, 3.05) is 26.7 Å². The van der Waals surface area contributed by atoms with Crippen LogP contribution in [0.1, 0.15) is 22.3 Å². The third-order valence-corrected chi connectivity index (χ3v) is 8.37. The molecule has 6 nitrogen and oxygen atoms in total. The first-order chi connectivity index (χ1) is 19.4. The molecule has 0 radical (unpaired) electrons. The molecule has 0 spiro atoms. The van der Waals surface area contributed by atoms with Crippen LogP contribution >= 0.6 is 23.5 Å². The van der Waals surface area contributed by atoms with Crippen LogP contribution < -0.4 is 10.6 Å². The maximum atomic E-state index is 13.5. The minimum absolute atomic E-state index is 0.477. The first kappa shape index (κ1) is 28.5. The molecule has 2 aliphatic rings. The minimum atomic E-state index is -0.845. The molecule has 0 fully saturated rings. The zero-order chi connectivity index (χ0) is 27.9. The number of thioether (sulfide) groups is 2. The molecule has 0 unspecified atom stereocenters. The normalized spacial score (nSPS) is 16.2. The van der Waals surface area contributed by atoms with E-state index < -0.39 is 23.3 Å². The summed E-state index contributed by atoms with van der Waals surface area (Å²) in [6.07, 6.45) is 0. The fourth-order valence-electron chi connectivity index (χ4n) is 4.23. The third-order valence-electron chi connectivity index (χ3n) is 6.36. The van der Waals surface area contributed by atoms with Crippen LogP contribution in [0.25, 0.3) is 0 Å². The summed E-state index contributed by atoms with van der Waals surface area (Å²) in [5.74, 6) is -1.86. The van der Waals surface area contributed by atoms with E-state index >= 15 is 0 Å². The van der Waals surface area contributed by atoms with Crippen molar-refractivity contribution in [1.29, 1.82) is 0 Å². The topological polar surface area (TPSA) is 55.3 Å². The molecule has 40 heavy (non-hydrogen) atoms. The van der Waals surface area contributed by atoms with Crippen molar-refractivity contribution in [3.63, 3.8) is 0 Å². The lowest BCUT2D eigenvalue weighted by Crippen LogP contribution is -2.41. The van der Waals surface area contributed by atoms with Crippen LogP contribution in [0.2, 0.25) is 0 Å². The van der Waals surface area contributed by atoms with Crippen LogP contribution in [0.5, 0.6) is 0 Å². The fourth-order valence-corrected chi connectivity index (χ4v) is 6.01. The summed E-state index contributed by atoms with van der Waals surface area (Å²) >= 11 is 3.27. The summed E-state index contributed by atoms with van der Waals surface area (Å²) in [6, 6.07) is 16.2. The molecule has 12 heteroatoms. The Hall–Kier alpha value is -3.06. The van der Waals surface area contributed by atoms with E-state index in [1.54, 1.807) is 35.7 Å². The van der Waals surface area contributed by atoms with Crippen molar-refractivity contribution in [2.45, 2.75) is 24.6 Å². The molecule has 2 N–H and O–H groups in total. The molecule has 0 saturated heterocycles. The average molecular weight is 589 g/mol. The van der Waals surface area contributed by atoms with E-state index in [1.807, 2.05) is 21.9 Å². The van der Waals surface area contributed by atoms with E-state index in [0.717, 1.165) is 34.0 Å². The molecule has 0 bridgehead atoms. The van der Waals surface area contributed by atoms with Gasteiger partial charge in [-0.05, 0) is 46.5 Å². The summed E-state index contributed by atoms with van der Waals surface area (Å²) in [7, 11) is 0. The summed E-state index contributed by atoms with van der Waals surface area (Å²) < 4.78 is 53.3. The van der Waals surface area contributed by atoms with Crippen molar-refractivity contribution in [3.8, 4) is 0 Å². The van der Waals surface area contributed by atoms with Gasteiger partial charge >= 0.3 is 0 Å². The molecular weight excluding hydrogens is 560 g/mol. The molecule has 0 aromatic heterocycles. The predicted molar refractivity (Wildman–Crippen MR) is 153 cm³/mol. The Morgan fingerprint density at radius 2 is 1.07 bits per heavy atom. The van der Waals surface area contributed by atoms with Gasteiger partial charge in [0.2, 0.25) is 0 Å². The number of halogens is 4. The molecule has 0 aliphatic carbocycles. The van der Waals surface area contributed by atoms with Crippen LogP contribution in [0.4, 0.5) is 17.6 Å². The minimum Gasteiger partial charge on any atom is -0.352 e. The van der Waals surface area contributed by atoms with Crippen LogP contribution in [0.15, 0.2) is 70.6 Å². The van der Waals surface area contributed by atoms with Crippen molar-refractivity contribution in [2.24, 2.45) is 9.98 Å². The number of hydrogen-bond donors (Lipinski definition) is 2. The molecule has 0 saturated carbocycles. The summed E-state index contributed by atoms with van der Waals surface area (Å²) in [6.45, 7) is 3.05. The van der Waals surface area contributed by atoms with E-state index in [9.17, 15) is 17.6 Å². The van der Waals surface area contributed by atoms with Gasteiger partial charge < -0.3 is 10.6 Å². The molecule has 2 aliphatic heterocycles. The first-order valence-corrected chi connectivity index (χ1v) is 14.6. The Balaban J connectivity index is 1.08. The number of nitrogens with one attached hydrogen (secondary N) is 2. The molecule has 210 valence electrons. The van der Waals surface area contributed by atoms with Crippen LogP contribution in [-0.2, 0) is 24.6 Å². The molecule has 0 amide bonds. The number of rotatable bonds is 8. The standard InChI is InChI=1S/C28H28F4N6S2/c29-23-7-5-19(9-25(23)31)11-37-15-33-27(34-16-37)39-13-21-3-1-2-4-22(21)14-40-28-35-17-38(18-36-28)12-20-6-8-24(30)26(32)10-20/h1-10H,11-18H2,(H,33,34)(H,35,36). The SMILES string of the molecule is Fc1ccc(CN2CN=C(SCc3ccccc3CSC3=NCN(Cc4ccc(F)c(F)c4)CN3)NC2)cc1F. The van der Waals surface area contributed by atoms with Crippen molar-refractivity contribution < 1.29 is 17.6 Å². The second kappa shape index (κ2) is 13.5. The van der Waals surface area contributed by atoms with Crippen molar-refractivity contribution in [3.05, 3.63) is 106 Å². The van der Waals surface area contributed by atoms with Gasteiger partial charge in [0.05, 0.1) is 26.7 Å². The van der Waals surface area contributed by atoms with Gasteiger partial charge in [0, 0.05) is 24.6 Å². The highest BCUT2D eigenvalue weighted by Crippen LogP contribution is 2.23. The van der Waals surface area contributed by atoms with Crippen LogP contribution in [0.3, 0.4) is 0 Å². The molecular formula is C28H28F4N6S2. The monoisotopic (exact) mass is 588 g/mol. The summed E-state index contributed by atoms with van der Waals surface area (Å²) in [4.78, 5) is 13.2. The van der Waals surface area contributed by atoms with E-state index in [-0.39, 0.29) is 0 Å². The van der Waals surface area contributed by atoms with Gasteiger partial charge in [-0.2, -0.15) is 0 Å². The van der Waals surface area contributed by atoms with Gasteiger partial charge in [0.25, 0.3) is 0 Å². The van der Waals surface area contributed by atoms with Crippen molar-refractivity contribution in [1.82, 2.24) is 20.4 Å². The van der Waals surface area contributed by atoms with E-state index in [2.05, 4.69) is 32.8 Å². The van der Waals surface area contributed by atoms with Gasteiger partial charge in [-0.15, -0.1) is 0 Å². The smallest absolute Gasteiger partial charge is 0.159 e. The quantitative estimate of drug-likeness (QED) is 0.341. The maximum absolute atomic E-state index is 13.5. The predicted octanol–water partition coefficient (Wildman–Crippen LogP) is 5.46. The molecule has 3 aromatic carbocycles. The Morgan fingerprint density at radius 1 is 0.625 bits per heavy atom. The lowest BCUT2D eigenvalue weighted by Gasteiger charge is -2.27. The Morgan fingerprint density at radius 3 is 1.45 bits per heavy atom.